The first-order chi connectivity index (χ1) is 9.81. The first-order valence-corrected chi connectivity index (χ1v) is 7.56. The molecule has 1 amide bonds. The van der Waals surface area contributed by atoms with Crippen LogP contribution in [-0.4, -0.2) is 24.3 Å². The van der Waals surface area contributed by atoms with Crippen LogP contribution < -0.4 is 10.6 Å². The molecule has 0 radical (unpaired) electrons. The van der Waals surface area contributed by atoms with Gasteiger partial charge in [-0.05, 0) is 45.2 Å². The van der Waals surface area contributed by atoms with Gasteiger partial charge in [0.25, 0.3) is 0 Å². The molecule has 0 aliphatic carbocycles. The largest absolute Gasteiger partial charge is 0.444 e. The Hall–Kier alpha value is -1.55. The third-order valence-corrected chi connectivity index (χ3v) is 3.18. The Morgan fingerprint density at radius 1 is 1.29 bits per heavy atom. The van der Waals surface area contributed by atoms with Crippen LogP contribution >= 0.6 is 0 Å². The van der Waals surface area contributed by atoms with Crippen molar-refractivity contribution in [1.82, 2.24) is 10.6 Å². The predicted molar refractivity (Wildman–Crippen MR) is 86.3 cm³/mol. The molecule has 0 saturated carbocycles. The molecule has 21 heavy (non-hydrogen) atoms. The molecule has 1 rings (SSSR count). The maximum atomic E-state index is 11.8. The molecule has 118 valence electrons. The van der Waals surface area contributed by atoms with Gasteiger partial charge in [-0.15, -0.1) is 0 Å². The molecular formula is C17H28N2O2. The summed E-state index contributed by atoms with van der Waals surface area (Å²) in [4.78, 5) is 11.8. The maximum absolute atomic E-state index is 11.8. The molecule has 0 fully saturated rings. The van der Waals surface area contributed by atoms with E-state index in [4.69, 9.17) is 4.74 Å². The number of aryl methyl sites for hydroxylation is 1. The first kappa shape index (κ1) is 17.5. The van der Waals surface area contributed by atoms with Gasteiger partial charge in [0.1, 0.15) is 5.60 Å². The zero-order chi connectivity index (χ0) is 15.9. The van der Waals surface area contributed by atoms with E-state index >= 15 is 0 Å². The minimum absolute atomic E-state index is 0.0730. The number of hydrogen-bond donors (Lipinski definition) is 2. The van der Waals surface area contributed by atoms with Gasteiger partial charge in [0.15, 0.2) is 0 Å². The Kier molecular flexibility index (Phi) is 6.69. The summed E-state index contributed by atoms with van der Waals surface area (Å²) in [7, 11) is 0. The monoisotopic (exact) mass is 292 g/mol. The summed E-state index contributed by atoms with van der Waals surface area (Å²) in [6, 6.07) is 8.37. The summed E-state index contributed by atoms with van der Waals surface area (Å²) in [5.41, 5.74) is 2.10. The molecule has 0 aromatic heterocycles. The molecule has 0 bridgehead atoms. The molecule has 0 aliphatic heterocycles. The van der Waals surface area contributed by atoms with Gasteiger partial charge in [-0.1, -0.05) is 31.2 Å². The normalized spacial score (nSPS) is 12.8. The van der Waals surface area contributed by atoms with E-state index in [2.05, 4.69) is 36.6 Å². The highest BCUT2D eigenvalue weighted by Gasteiger charge is 2.18. The Morgan fingerprint density at radius 2 is 1.95 bits per heavy atom. The number of benzene rings is 1. The number of nitrogens with one attached hydrogen (secondary N) is 2. The molecule has 0 spiro atoms. The summed E-state index contributed by atoms with van der Waals surface area (Å²) >= 11 is 0. The molecule has 1 aromatic carbocycles. The summed E-state index contributed by atoms with van der Waals surface area (Å²) < 4.78 is 5.28. The van der Waals surface area contributed by atoms with Crippen LogP contribution in [0.5, 0.6) is 0 Å². The lowest BCUT2D eigenvalue weighted by atomic mass is 10.1. The fraction of sp³-hybridized carbons (Fsp3) is 0.588. The number of rotatable bonds is 6. The van der Waals surface area contributed by atoms with Gasteiger partial charge < -0.3 is 15.4 Å². The summed E-state index contributed by atoms with van der Waals surface area (Å²) in [6.45, 7) is 11.3. The van der Waals surface area contributed by atoms with Gasteiger partial charge in [-0.25, -0.2) is 4.79 Å². The van der Waals surface area contributed by atoms with Crippen molar-refractivity contribution in [1.29, 1.82) is 0 Å². The number of ether oxygens (including phenoxy) is 1. The van der Waals surface area contributed by atoms with E-state index in [1.54, 1.807) is 0 Å². The van der Waals surface area contributed by atoms with E-state index < -0.39 is 5.60 Å². The fourth-order valence-electron chi connectivity index (χ4n) is 1.96. The second-order valence-electron chi connectivity index (χ2n) is 6.31. The molecule has 1 unspecified atom stereocenters. The highest BCUT2D eigenvalue weighted by atomic mass is 16.6. The van der Waals surface area contributed by atoms with Crippen molar-refractivity contribution in [3.8, 4) is 0 Å². The summed E-state index contributed by atoms with van der Waals surface area (Å²) in [5.74, 6) is 0. The Morgan fingerprint density at radius 3 is 2.52 bits per heavy atom. The second kappa shape index (κ2) is 8.03. The van der Waals surface area contributed by atoms with Crippen LogP contribution in [0.25, 0.3) is 0 Å². The SMILES string of the molecule is CCC(CNCc1ccccc1C)NC(=O)OC(C)(C)C. The van der Waals surface area contributed by atoms with Gasteiger partial charge >= 0.3 is 6.09 Å². The molecular weight excluding hydrogens is 264 g/mol. The lowest BCUT2D eigenvalue weighted by molar-refractivity contribution is 0.0502. The van der Waals surface area contributed by atoms with Crippen molar-refractivity contribution in [2.75, 3.05) is 6.54 Å². The summed E-state index contributed by atoms with van der Waals surface area (Å²) in [6.07, 6.45) is 0.507. The van der Waals surface area contributed by atoms with Crippen LogP contribution in [0.2, 0.25) is 0 Å². The minimum atomic E-state index is -0.461. The van der Waals surface area contributed by atoms with E-state index in [0.29, 0.717) is 0 Å². The van der Waals surface area contributed by atoms with Crippen molar-refractivity contribution >= 4 is 6.09 Å². The fourth-order valence-corrected chi connectivity index (χ4v) is 1.96. The van der Waals surface area contributed by atoms with Gasteiger partial charge in [0, 0.05) is 19.1 Å². The quantitative estimate of drug-likeness (QED) is 0.845. The standard InChI is InChI=1S/C17H28N2O2/c1-6-15(19-16(20)21-17(3,4)5)12-18-11-14-10-8-7-9-13(14)2/h7-10,15,18H,6,11-12H2,1-5H3,(H,19,20). The van der Waals surface area contributed by atoms with Crippen LogP contribution in [0.15, 0.2) is 24.3 Å². The zero-order valence-corrected chi connectivity index (χ0v) is 13.8. The Bertz CT molecular complexity index is 452. The Balaban J connectivity index is 2.38. The Labute approximate surface area is 128 Å². The number of hydrogen-bond acceptors (Lipinski definition) is 3. The minimum Gasteiger partial charge on any atom is -0.444 e. The van der Waals surface area contributed by atoms with Crippen LogP contribution in [0.3, 0.4) is 0 Å². The van der Waals surface area contributed by atoms with Gasteiger partial charge in [0.05, 0.1) is 0 Å². The highest BCUT2D eigenvalue weighted by Crippen LogP contribution is 2.08. The van der Waals surface area contributed by atoms with E-state index in [0.717, 1.165) is 19.5 Å². The van der Waals surface area contributed by atoms with E-state index in [1.807, 2.05) is 32.9 Å². The van der Waals surface area contributed by atoms with Crippen molar-refractivity contribution in [3.63, 3.8) is 0 Å². The van der Waals surface area contributed by atoms with Crippen LogP contribution in [-0.2, 0) is 11.3 Å². The smallest absolute Gasteiger partial charge is 0.407 e. The van der Waals surface area contributed by atoms with Crippen molar-refractivity contribution in [2.45, 2.75) is 59.2 Å². The first-order valence-electron chi connectivity index (χ1n) is 7.56. The highest BCUT2D eigenvalue weighted by molar-refractivity contribution is 5.68. The average Bonchev–Trinajstić information content (AvgIpc) is 2.37. The number of alkyl carbamates (subject to hydrolysis) is 1. The van der Waals surface area contributed by atoms with Gasteiger partial charge in [-0.2, -0.15) is 0 Å². The van der Waals surface area contributed by atoms with E-state index in [1.165, 1.54) is 11.1 Å². The molecule has 4 heteroatoms. The number of amides is 1. The topological polar surface area (TPSA) is 50.4 Å². The molecule has 2 N–H and O–H groups in total. The molecule has 4 nitrogen and oxygen atoms in total. The molecule has 1 aromatic rings. The third-order valence-electron chi connectivity index (χ3n) is 3.18. The molecule has 0 saturated heterocycles. The number of carbonyl (C=O) groups excluding carboxylic acids is 1. The predicted octanol–water partition coefficient (Wildman–Crippen LogP) is 3.39. The van der Waals surface area contributed by atoms with E-state index in [-0.39, 0.29) is 12.1 Å². The number of carbonyl (C=O) groups is 1. The second-order valence-corrected chi connectivity index (χ2v) is 6.31. The lowest BCUT2D eigenvalue weighted by Gasteiger charge is -2.23. The van der Waals surface area contributed by atoms with Crippen LogP contribution in [0.4, 0.5) is 4.79 Å². The molecule has 0 heterocycles. The average molecular weight is 292 g/mol. The van der Waals surface area contributed by atoms with E-state index in [9.17, 15) is 4.79 Å². The van der Waals surface area contributed by atoms with Crippen molar-refractivity contribution < 1.29 is 9.53 Å². The maximum Gasteiger partial charge on any atom is 0.407 e. The molecule has 1 atom stereocenters. The zero-order valence-electron chi connectivity index (χ0n) is 13.8. The van der Waals surface area contributed by atoms with Crippen LogP contribution in [0.1, 0.15) is 45.2 Å². The van der Waals surface area contributed by atoms with Gasteiger partial charge in [-0.3, -0.25) is 0 Å². The van der Waals surface area contributed by atoms with Gasteiger partial charge in [0.2, 0.25) is 0 Å². The summed E-state index contributed by atoms with van der Waals surface area (Å²) in [5, 5.41) is 6.29. The lowest BCUT2D eigenvalue weighted by Crippen LogP contribution is -2.43. The third kappa shape index (κ3) is 7.14. The van der Waals surface area contributed by atoms with Crippen LogP contribution in [0, 0.1) is 6.92 Å². The molecule has 0 aliphatic rings. The van der Waals surface area contributed by atoms with Crippen molar-refractivity contribution in [3.05, 3.63) is 35.4 Å². The van der Waals surface area contributed by atoms with Crippen molar-refractivity contribution in [2.24, 2.45) is 0 Å².